The van der Waals surface area contributed by atoms with E-state index in [4.69, 9.17) is 25.8 Å². The molecule has 1 N–H and O–H groups in total. The van der Waals surface area contributed by atoms with Crippen molar-refractivity contribution in [2.75, 3.05) is 13.7 Å². The van der Waals surface area contributed by atoms with Crippen LogP contribution < -0.4 is 14.8 Å². The van der Waals surface area contributed by atoms with Gasteiger partial charge in [-0.05, 0) is 45.7 Å². The second-order valence-corrected chi connectivity index (χ2v) is 7.92. The maximum Gasteiger partial charge on any atom is 0.408 e. The number of halogens is 1. The van der Waals surface area contributed by atoms with E-state index in [1.54, 1.807) is 31.5 Å². The predicted octanol–water partition coefficient (Wildman–Crippen LogP) is 4.33. The number of nitrogens with one attached hydrogen (secondary N) is 1. The van der Waals surface area contributed by atoms with Crippen molar-refractivity contribution < 1.29 is 19.0 Å². The molecule has 0 unspecified atom stereocenters. The molecular formula is C19H23ClN2O4. The number of aromatic nitrogens is 1. The Labute approximate surface area is 157 Å². The van der Waals surface area contributed by atoms with Crippen molar-refractivity contribution in [1.82, 2.24) is 10.3 Å². The van der Waals surface area contributed by atoms with Gasteiger partial charge in [-0.2, -0.15) is 0 Å². The van der Waals surface area contributed by atoms with Crippen molar-refractivity contribution in [3.05, 3.63) is 29.4 Å². The van der Waals surface area contributed by atoms with E-state index in [0.29, 0.717) is 23.1 Å². The van der Waals surface area contributed by atoms with Crippen LogP contribution in [0, 0.1) is 0 Å². The van der Waals surface area contributed by atoms with Crippen molar-refractivity contribution in [1.29, 1.82) is 0 Å². The molecule has 140 valence electrons. The van der Waals surface area contributed by atoms with Gasteiger partial charge in [0.25, 0.3) is 0 Å². The molecule has 1 aliphatic rings. The summed E-state index contributed by atoms with van der Waals surface area (Å²) >= 11 is 6.21. The largest absolute Gasteiger partial charge is 0.493 e. The molecular weight excluding hydrogens is 356 g/mol. The highest BCUT2D eigenvalue weighted by Gasteiger charge is 2.46. The lowest BCUT2D eigenvalue weighted by molar-refractivity contribution is 0.0476. The standard InChI is InChI=1S/C19H23ClN2O4/c1-18(2,3)26-17(23)22-19(6-7-19)11-25-16-10-14-12(9-15(16)24-4)13(20)5-8-21-14/h5,8-10H,6-7,11H2,1-4H3,(H,22,23). The summed E-state index contributed by atoms with van der Waals surface area (Å²) in [6.45, 7) is 5.83. The molecule has 0 spiro atoms. The molecule has 0 bridgehead atoms. The van der Waals surface area contributed by atoms with Crippen LogP contribution in [0.3, 0.4) is 0 Å². The van der Waals surface area contributed by atoms with E-state index in [-0.39, 0.29) is 0 Å². The van der Waals surface area contributed by atoms with Gasteiger partial charge < -0.3 is 19.5 Å². The van der Waals surface area contributed by atoms with Gasteiger partial charge in [-0.15, -0.1) is 0 Å². The van der Waals surface area contributed by atoms with Gasteiger partial charge in [-0.25, -0.2) is 4.79 Å². The Morgan fingerprint density at radius 3 is 2.65 bits per heavy atom. The van der Waals surface area contributed by atoms with Crippen molar-refractivity contribution in [3.63, 3.8) is 0 Å². The van der Waals surface area contributed by atoms with Crippen LogP contribution in [-0.2, 0) is 4.74 Å². The third kappa shape index (κ3) is 4.30. The third-order valence-electron chi connectivity index (χ3n) is 4.10. The van der Waals surface area contributed by atoms with E-state index in [1.807, 2.05) is 20.8 Å². The van der Waals surface area contributed by atoms with Crippen LogP contribution >= 0.6 is 11.6 Å². The molecule has 0 saturated heterocycles. The van der Waals surface area contributed by atoms with Crippen LogP contribution in [0.25, 0.3) is 10.9 Å². The Morgan fingerprint density at radius 2 is 2.04 bits per heavy atom. The van der Waals surface area contributed by atoms with Crippen LogP contribution in [0.1, 0.15) is 33.6 Å². The molecule has 1 saturated carbocycles. The normalized spacial score (nSPS) is 15.4. The maximum atomic E-state index is 12.0. The molecule has 1 aromatic carbocycles. The van der Waals surface area contributed by atoms with Gasteiger partial charge in [-0.3, -0.25) is 4.98 Å². The molecule has 1 heterocycles. The Morgan fingerprint density at radius 1 is 1.31 bits per heavy atom. The first-order valence-corrected chi connectivity index (χ1v) is 8.85. The summed E-state index contributed by atoms with van der Waals surface area (Å²) in [5.74, 6) is 1.13. The minimum atomic E-state index is -0.534. The summed E-state index contributed by atoms with van der Waals surface area (Å²) < 4.78 is 16.7. The number of hydrogen-bond donors (Lipinski definition) is 1. The molecule has 26 heavy (non-hydrogen) atoms. The van der Waals surface area contributed by atoms with Gasteiger partial charge in [-0.1, -0.05) is 11.6 Å². The van der Waals surface area contributed by atoms with Gasteiger partial charge in [0, 0.05) is 17.6 Å². The molecule has 6 nitrogen and oxygen atoms in total. The van der Waals surface area contributed by atoms with E-state index in [1.165, 1.54) is 0 Å². The molecule has 1 aromatic heterocycles. The average Bonchev–Trinajstić information content (AvgIpc) is 3.30. The minimum absolute atomic E-state index is 0.328. The lowest BCUT2D eigenvalue weighted by atomic mass is 10.2. The fraction of sp³-hybridized carbons (Fsp3) is 0.474. The Hall–Kier alpha value is -2.21. The highest BCUT2D eigenvalue weighted by molar-refractivity contribution is 6.35. The first kappa shape index (κ1) is 18.6. The van der Waals surface area contributed by atoms with Gasteiger partial charge in [0.2, 0.25) is 0 Å². The van der Waals surface area contributed by atoms with E-state index in [9.17, 15) is 4.79 Å². The zero-order valence-corrected chi connectivity index (χ0v) is 16.1. The molecule has 7 heteroatoms. The highest BCUT2D eigenvalue weighted by Crippen LogP contribution is 2.39. The van der Waals surface area contributed by atoms with Gasteiger partial charge in [0.1, 0.15) is 12.2 Å². The Balaban J connectivity index is 1.72. The topological polar surface area (TPSA) is 69.7 Å². The van der Waals surface area contributed by atoms with E-state index >= 15 is 0 Å². The number of carbonyl (C=O) groups excluding carboxylic acids is 1. The fourth-order valence-electron chi connectivity index (χ4n) is 2.58. The lowest BCUT2D eigenvalue weighted by Crippen LogP contribution is -2.44. The zero-order valence-electron chi connectivity index (χ0n) is 15.4. The molecule has 0 radical (unpaired) electrons. The number of amides is 1. The van der Waals surface area contributed by atoms with Crippen LogP contribution in [0.5, 0.6) is 11.5 Å². The monoisotopic (exact) mass is 378 g/mol. The average molecular weight is 379 g/mol. The lowest BCUT2D eigenvalue weighted by Gasteiger charge is -2.24. The molecule has 0 atom stereocenters. The van der Waals surface area contributed by atoms with Crippen LogP contribution in [0.4, 0.5) is 4.79 Å². The smallest absolute Gasteiger partial charge is 0.408 e. The first-order chi connectivity index (χ1) is 12.2. The van der Waals surface area contributed by atoms with Gasteiger partial charge >= 0.3 is 6.09 Å². The van der Waals surface area contributed by atoms with E-state index in [0.717, 1.165) is 23.7 Å². The van der Waals surface area contributed by atoms with Crippen LogP contribution in [0.15, 0.2) is 24.4 Å². The number of pyridine rings is 1. The molecule has 1 aliphatic carbocycles. The molecule has 2 aromatic rings. The van der Waals surface area contributed by atoms with E-state index in [2.05, 4.69) is 10.3 Å². The SMILES string of the molecule is COc1cc2c(Cl)ccnc2cc1OCC1(NC(=O)OC(C)(C)C)CC1. The number of alkyl carbamates (subject to hydrolysis) is 1. The van der Waals surface area contributed by atoms with Crippen molar-refractivity contribution in [3.8, 4) is 11.5 Å². The van der Waals surface area contributed by atoms with Crippen LogP contribution in [-0.4, -0.2) is 35.9 Å². The van der Waals surface area contributed by atoms with Gasteiger partial charge in [0.15, 0.2) is 11.5 Å². The summed E-state index contributed by atoms with van der Waals surface area (Å²) in [5, 5.41) is 4.31. The van der Waals surface area contributed by atoms with Crippen LogP contribution in [0.2, 0.25) is 5.02 Å². The third-order valence-corrected chi connectivity index (χ3v) is 4.43. The number of fused-ring (bicyclic) bond motifs is 1. The maximum absolute atomic E-state index is 12.0. The van der Waals surface area contributed by atoms with Crippen molar-refractivity contribution >= 4 is 28.6 Å². The van der Waals surface area contributed by atoms with Gasteiger partial charge in [0.05, 0.1) is 23.2 Å². The summed E-state index contributed by atoms with van der Waals surface area (Å²) in [7, 11) is 1.57. The molecule has 0 aliphatic heterocycles. The summed E-state index contributed by atoms with van der Waals surface area (Å²) in [6.07, 6.45) is 2.89. The second-order valence-electron chi connectivity index (χ2n) is 7.51. The number of carbonyl (C=O) groups is 1. The Kier molecular flexibility index (Phi) is 4.88. The van der Waals surface area contributed by atoms with E-state index < -0.39 is 17.2 Å². The summed E-state index contributed by atoms with van der Waals surface area (Å²) in [4.78, 5) is 16.3. The number of benzene rings is 1. The minimum Gasteiger partial charge on any atom is -0.493 e. The number of rotatable bonds is 5. The number of hydrogen-bond acceptors (Lipinski definition) is 5. The second kappa shape index (κ2) is 6.83. The fourth-order valence-corrected chi connectivity index (χ4v) is 2.79. The quantitative estimate of drug-likeness (QED) is 0.838. The number of nitrogens with zero attached hydrogens (tertiary/aromatic N) is 1. The molecule has 1 amide bonds. The van der Waals surface area contributed by atoms with Crippen molar-refractivity contribution in [2.24, 2.45) is 0 Å². The predicted molar refractivity (Wildman–Crippen MR) is 100 cm³/mol. The number of ether oxygens (including phenoxy) is 3. The summed E-state index contributed by atoms with van der Waals surface area (Å²) in [6, 6.07) is 5.33. The molecule has 1 fully saturated rings. The zero-order chi connectivity index (χ0) is 18.9. The highest BCUT2D eigenvalue weighted by atomic mass is 35.5. The molecule has 3 rings (SSSR count). The van der Waals surface area contributed by atoms with Crippen molar-refractivity contribution in [2.45, 2.75) is 44.8 Å². The Bertz CT molecular complexity index is 828. The number of methoxy groups -OCH3 is 1. The summed E-state index contributed by atoms with van der Waals surface area (Å²) in [5.41, 5.74) is -0.212. The first-order valence-electron chi connectivity index (χ1n) is 8.48.